The Bertz CT molecular complexity index is 404. The Morgan fingerprint density at radius 2 is 2.06 bits per heavy atom. The van der Waals surface area contributed by atoms with E-state index in [9.17, 15) is 13.2 Å². The molecule has 1 aliphatic rings. The standard InChI is InChI=1S/C12H14F3N/c1-2-16-10-5-3-4-7-8(13)6-9(14)12(15)11(7)10/h6,10,16H,2-5H2,1H3. The lowest BCUT2D eigenvalue weighted by Crippen LogP contribution is -2.27. The van der Waals surface area contributed by atoms with Crippen molar-refractivity contribution >= 4 is 0 Å². The first kappa shape index (κ1) is 11.5. The highest BCUT2D eigenvalue weighted by atomic mass is 19.2. The molecule has 4 heteroatoms. The highest BCUT2D eigenvalue weighted by molar-refractivity contribution is 5.35. The van der Waals surface area contributed by atoms with Crippen LogP contribution in [0.5, 0.6) is 0 Å². The number of nitrogens with one attached hydrogen (secondary N) is 1. The third kappa shape index (κ3) is 1.82. The van der Waals surface area contributed by atoms with E-state index in [0.29, 0.717) is 24.6 Å². The van der Waals surface area contributed by atoms with Crippen molar-refractivity contribution in [2.75, 3.05) is 6.54 Å². The summed E-state index contributed by atoms with van der Waals surface area (Å²) in [5.41, 5.74) is 0.515. The van der Waals surface area contributed by atoms with Crippen LogP contribution >= 0.6 is 0 Å². The van der Waals surface area contributed by atoms with Crippen LogP contribution in [0.2, 0.25) is 0 Å². The molecule has 0 heterocycles. The van der Waals surface area contributed by atoms with Crippen LogP contribution in [0.3, 0.4) is 0 Å². The van der Waals surface area contributed by atoms with Crippen LogP contribution in [-0.2, 0) is 6.42 Å². The smallest absolute Gasteiger partial charge is 0.164 e. The molecular weight excluding hydrogens is 215 g/mol. The minimum absolute atomic E-state index is 0.186. The SMILES string of the molecule is CCNC1CCCc2c(F)cc(F)c(F)c21. The van der Waals surface area contributed by atoms with Crippen molar-refractivity contribution in [2.45, 2.75) is 32.2 Å². The van der Waals surface area contributed by atoms with E-state index < -0.39 is 17.5 Å². The van der Waals surface area contributed by atoms with Crippen LogP contribution in [-0.4, -0.2) is 6.54 Å². The number of hydrogen-bond acceptors (Lipinski definition) is 1. The van der Waals surface area contributed by atoms with Gasteiger partial charge in [-0.15, -0.1) is 0 Å². The molecule has 1 aromatic carbocycles. The lowest BCUT2D eigenvalue weighted by Gasteiger charge is -2.27. The molecule has 88 valence electrons. The van der Waals surface area contributed by atoms with Gasteiger partial charge in [0.1, 0.15) is 5.82 Å². The minimum Gasteiger partial charge on any atom is -0.310 e. The average molecular weight is 229 g/mol. The second-order valence-corrected chi connectivity index (χ2v) is 4.05. The molecule has 1 nitrogen and oxygen atoms in total. The number of rotatable bonds is 2. The summed E-state index contributed by atoms with van der Waals surface area (Å²) in [5.74, 6) is -2.63. The molecule has 0 saturated heterocycles. The van der Waals surface area contributed by atoms with Crippen LogP contribution in [0.4, 0.5) is 13.2 Å². The zero-order valence-electron chi connectivity index (χ0n) is 9.12. The maximum Gasteiger partial charge on any atom is 0.164 e. The summed E-state index contributed by atoms with van der Waals surface area (Å²) in [6, 6.07) is 0.377. The third-order valence-electron chi connectivity index (χ3n) is 3.03. The van der Waals surface area contributed by atoms with Gasteiger partial charge in [0.2, 0.25) is 0 Å². The molecule has 1 atom stereocenters. The minimum atomic E-state index is -1.10. The van der Waals surface area contributed by atoms with Crippen molar-refractivity contribution in [3.8, 4) is 0 Å². The van der Waals surface area contributed by atoms with Crippen molar-refractivity contribution < 1.29 is 13.2 Å². The van der Waals surface area contributed by atoms with Crippen LogP contribution in [0, 0.1) is 17.5 Å². The first-order chi connectivity index (χ1) is 7.65. The quantitative estimate of drug-likeness (QED) is 0.768. The summed E-state index contributed by atoms with van der Waals surface area (Å²) in [6.07, 6.45) is 2.01. The van der Waals surface area contributed by atoms with E-state index in [1.54, 1.807) is 0 Å². The molecule has 0 spiro atoms. The zero-order chi connectivity index (χ0) is 11.7. The van der Waals surface area contributed by atoms with E-state index >= 15 is 0 Å². The largest absolute Gasteiger partial charge is 0.310 e. The Morgan fingerprint density at radius 1 is 1.31 bits per heavy atom. The van der Waals surface area contributed by atoms with E-state index in [2.05, 4.69) is 5.32 Å². The van der Waals surface area contributed by atoms with Gasteiger partial charge in [0.15, 0.2) is 11.6 Å². The summed E-state index contributed by atoms with van der Waals surface area (Å²) in [4.78, 5) is 0. The Balaban J connectivity index is 2.53. The lowest BCUT2D eigenvalue weighted by molar-refractivity contribution is 0.409. The molecule has 0 radical (unpaired) electrons. The Labute approximate surface area is 92.7 Å². The van der Waals surface area contributed by atoms with Crippen LogP contribution in [0.25, 0.3) is 0 Å². The maximum atomic E-state index is 13.7. The van der Waals surface area contributed by atoms with Crippen LogP contribution in [0.15, 0.2) is 6.07 Å². The van der Waals surface area contributed by atoms with E-state index in [4.69, 9.17) is 0 Å². The molecule has 2 rings (SSSR count). The predicted molar refractivity (Wildman–Crippen MR) is 55.7 cm³/mol. The fourth-order valence-corrected chi connectivity index (χ4v) is 2.35. The number of halogens is 3. The molecule has 0 saturated carbocycles. The fraction of sp³-hybridized carbons (Fsp3) is 0.500. The van der Waals surface area contributed by atoms with Gasteiger partial charge >= 0.3 is 0 Å². The molecule has 0 aromatic heterocycles. The summed E-state index contributed by atoms with van der Waals surface area (Å²) >= 11 is 0. The molecule has 1 unspecified atom stereocenters. The molecule has 0 amide bonds. The van der Waals surface area contributed by atoms with Gasteiger partial charge in [-0.3, -0.25) is 0 Å². The molecule has 0 fully saturated rings. The molecule has 0 bridgehead atoms. The average Bonchev–Trinajstić information content (AvgIpc) is 2.26. The van der Waals surface area contributed by atoms with Crippen LogP contribution in [0.1, 0.15) is 36.9 Å². The normalized spacial score (nSPS) is 19.6. The number of fused-ring (bicyclic) bond motifs is 1. The van der Waals surface area contributed by atoms with Gasteiger partial charge in [-0.05, 0) is 31.4 Å². The first-order valence-electron chi connectivity index (χ1n) is 5.54. The Kier molecular flexibility index (Phi) is 3.19. The topological polar surface area (TPSA) is 12.0 Å². The van der Waals surface area contributed by atoms with Crippen molar-refractivity contribution in [3.05, 3.63) is 34.6 Å². The van der Waals surface area contributed by atoms with Gasteiger partial charge in [-0.2, -0.15) is 0 Å². The van der Waals surface area contributed by atoms with Crippen molar-refractivity contribution in [3.63, 3.8) is 0 Å². The fourth-order valence-electron chi connectivity index (χ4n) is 2.35. The van der Waals surface area contributed by atoms with E-state index in [-0.39, 0.29) is 11.6 Å². The van der Waals surface area contributed by atoms with Crippen molar-refractivity contribution in [1.82, 2.24) is 5.32 Å². The Morgan fingerprint density at radius 3 is 2.75 bits per heavy atom. The molecule has 16 heavy (non-hydrogen) atoms. The zero-order valence-corrected chi connectivity index (χ0v) is 9.12. The second kappa shape index (κ2) is 4.45. The van der Waals surface area contributed by atoms with Gasteiger partial charge in [-0.1, -0.05) is 6.92 Å². The Hall–Kier alpha value is -1.03. The molecular formula is C12H14F3N. The predicted octanol–water partition coefficient (Wildman–Crippen LogP) is 3.09. The molecule has 0 aliphatic heterocycles. The summed E-state index contributed by atoms with van der Waals surface area (Å²) < 4.78 is 40.3. The molecule has 1 aliphatic carbocycles. The highest BCUT2D eigenvalue weighted by Crippen LogP contribution is 2.34. The van der Waals surface area contributed by atoms with E-state index in [1.807, 2.05) is 6.92 Å². The third-order valence-corrected chi connectivity index (χ3v) is 3.03. The maximum absolute atomic E-state index is 13.7. The summed E-state index contributed by atoms with van der Waals surface area (Å²) in [7, 11) is 0. The van der Waals surface area contributed by atoms with Crippen molar-refractivity contribution in [2.24, 2.45) is 0 Å². The van der Waals surface area contributed by atoms with Gasteiger partial charge < -0.3 is 5.32 Å². The lowest BCUT2D eigenvalue weighted by atomic mass is 9.86. The summed E-state index contributed by atoms with van der Waals surface area (Å²) in [5, 5.41) is 3.06. The first-order valence-corrected chi connectivity index (χ1v) is 5.54. The second-order valence-electron chi connectivity index (χ2n) is 4.05. The molecule has 1 N–H and O–H groups in total. The summed E-state index contributed by atoms with van der Waals surface area (Å²) in [6.45, 7) is 2.55. The van der Waals surface area contributed by atoms with Gasteiger partial charge in [0, 0.05) is 17.7 Å². The van der Waals surface area contributed by atoms with E-state index in [1.165, 1.54) is 0 Å². The van der Waals surface area contributed by atoms with Gasteiger partial charge in [0.25, 0.3) is 0 Å². The van der Waals surface area contributed by atoms with Crippen LogP contribution < -0.4 is 5.32 Å². The van der Waals surface area contributed by atoms with Gasteiger partial charge in [-0.25, -0.2) is 13.2 Å². The van der Waals surface area contributed by atoms with E-state index in [0.717, 1.165) is 12.8 Å². The van der Waals surface area contributed by atoms with Crippen molar-refractivity contribution in [1.29, 1.82) is 0 Å². The number of benzene rings is 1. The highest BCUT2D eigenvalue weighted by Gasteiger charge is 2.27. The monoisotopic (exact) mass is 229 g/mol. The number of hydrogen-bond donors (Lipinski definition) is 1. The van der Waals surface area contributed by atoms with Gasteiger partial charge in [0.05, 0.1) is 0 Å². The molecule has 1 aromatic rings.